The summed E-state index contributed by atoms with van der Waals surface area (Å²) in [6.45, 7) is 4.58. The van der Waals surface area contributed by atoms with Crippen LogP contribution >= 0.6 is 0 Å². The zero-order valence-corrected chi connectivity index (χ0v) is 31.2. The molecule has 0 spiro atoms. The Morgan fingerprint density at radius 2 is 1.19 bits per heavy atom. The van der Waals surface area contributed by atoms with E-state index in [-0.39, 0.29) is 36.2 Å². The molecule has 0 saturated carbocycles. The smallest absolute Gasteiger partial charge is 0.240 e. The molecule has 1 saturated heterocycles. The predicted molar refractivity (Wildman–Crippen MR) is 212 cm³/mol. The van der Waals surface area contributed by atoms with Gasteiger partial charge in [-0.3, -0.25) is 4.90 Å². The minimum absolute atomic E-state index is 0.0158. The van der Waals surface area contributed by atoms with Gasteiger partial charge in [0.25, 0.3) is 0 Å². The van der Waals surface area contributed by atoms with E-state index in [4.69, 9.17) is 9.47 Å². The number of sulfonamides is 1. The molecule has 7 nitrogen and oxygen atoms in total. The average molecular weight is 739 g/mol. The van der Waals surface area contributed by atoms with E-state index in [1.54, 1.807) is 30.3 Å². The minimum atomic E-state index is -3.66. The van der Waals surface area contributed by atoms with Crippen LogP contribution in [0.3, 0.4) is 0 Å². The number of ether oxygens (including phenoxy) is 2. The van der Waals surface area contributed by atoms with Crippen LogP contribution in [0.5, 0.6) is 0 Å². The molecule has 2 N–H and O–H groups in total. The second-order valence-corrected chi connectivity index (χ2v) is 15.6. The van der Waals surface area contributed by atoms with Crippen LogP contribution in [0.4, 0.5) is 0 Å². The van der Waals surface area contributed by atoms with Gasteiger partial charge >= 0.3 is 0 Å². The van der Waals surface area contributed by atoms with Gasteiger partial charge in [-0.05, 0) is 51.1 Å². The topological polar surface area (TPSA) is 88.1 Å². The first-order valence-electron chi connectivity index (χ1n) is 18.4. The molecule has 0 unspecified atom stereocenters. The molecule has 0 aromatic heterocycles. The molecule has 0 amide bonds. The molecule has 4 atom stereocenters. The Kier molecular flexibility index (Phi) is 12.1. The Morgan fingerprint density at radius 3 is 1.80 bits per heavy atom. The van der Waals surface area contributed by atoms with Crippen molar-refractivity contribution in [2.24, 2.45) is 5.92 Å². The van der Waals surface area contributed by atoms with E-state index in [0.717, 1.165) is 46.5 Å². The van der Waals surface area contributed by atoms with E-state index in [0.29, 0.717) is 6.54 Å². The molecule has 6 aromatic carbocycles. The maximum absolute atomic E-state index is 13.0. The highest BCUT2D eigenvalue weighted by atomic mass is 32.2. The van der Waals surface area contributed by atoms with E-state index in [9.17, 15) is 13.5 Å². The normalized spacial score (nSPS) is 18.8. The van der Waals surface area contributed by atoms with Gasteiger partial charge in [-0.15, -0.1) is 0 Å². The molecule has 6 aromatic rings. The van der Waals surface area contributed by atoms with Crippen LogP contribution in [0.2, 0.25) is 0 Å². The second kappa shape index (κ2) is 17.5. The first-order chi connectivity index (χ1) is 26.4. The van der Waals surface area contributed by atoms with Gasteiger partial charge in [0, 0.05) is 37.7 Å². The molecular weight excluding hydrogens is 693 g/mol. The van der Waals surface area contributed by atoms with Crippen LogP contribution in [0.25, 0.3) is 11.1 Å². The number of aliphatic hydroxyl groups is 1. The van der Waals surface area contributed by atoms with Gasteiger partial charge in [-0.25, -0.2) is 13.1 Å². The third-order valence-corrected chi connectivity index (χ3v) is 11.5. The van der Waals surface area contributed by atoms with E-state index in [2.05, 4.69) is 65.1 Å². The molecule has 0 bridgehead atoms. The maximum atomic E-state index is 13.0. The number of benzene rings is 6. The lowest BCUT2D eigenvalue weighted by molar-refractivity contribution is -0.276. The van der Waals surface area contributed by atoms with Crippen LogP contribution in [0.1, 0.15) is 52.7 Å². The Morgan fingerprint density at radius 1 is 0.630 bits per heavy atom. The molecule has 7 rings (SSSR count). The van der Waals surface area contributed by atoms with Gasteiger partial charge in [0.1, 0.15) is 0 Å². The standard InChI is InChI=1S/C46H46N2O5S/c1-34-44(32-48(30-35-13-5-2-6-14-35)31-36-15-7-3-8-16-36)52-46(53-45(34)39-23-21-37(33-49)22-24-39)40-27-25-38(26-28-40)43-20-12-11-17-41(43)29-47-54(50,51)42-18-9-4-10-19-42/h2-28,34,44-47,49H,29-33H2,1H3/t34-,44+,45+,46+/m1/s1. The molecule has 54 heavy (non-hydrogen) atoms. The fourth-order valence-corrected chi connectivity index (χ4v) is 8.11. The third kappa shape index (κ3) is 9.22. The fourth-order valence-electron chi connectivity index (χ4n) is 7.08. The minimum Gasteiger partial charge on any atom is -0.392 e. The quantitative estimate of drug-likeness (QED) is 0.116. The summed E-state index contributed by atoms with van der Waals surface area (Å²) in [5, 5.41) is 9.71. The van der Waals surface area contributed by atoms with Crippen molar-refractivity contribution in [2.75, 3.05) is 6.54 Å². The van der Waals surface area contributed by atoms with Gasteiger partial charge < -0.3 is 14.6 Å². The largest absolute Gasteiger partial charge is 0.392 e. The van der Waals surface area contributed by atoms with E-state index >= 15 is 0 Å². The van der Waals surface area contributed by atoms with Crippen molar-refractivity contribution in [1.29, 1.82) is 0 Å². The van der Waals surface area contributed by atoms with Crippen LogP contribution in [-0.4, -0.2) is 31.1 Å². The molecule has 276 valence electrons. The monoisotopic (exact) mass is 738 g/mol. The molecule has 0 aliphatic carbocycles. The summed E-state index contributed by atoms with van der Waals surface area (Å²) in [4.78, 5) is 2.68. The third-order valence-electron chi connectivity index (χ3n) is 10.1. The fraction of sp³-hybridized carbons (Fsp3) is 0.217. The zero-order valence-electron chi connectivity index (χ0n) is 30.4. The van der Waals surface area contributed by atoms with Gasteiger partial charge in [0.2, 0.25) is 10.0 Å². The predicted octanol–water partition coefficient (Wildman–Crippen LogP) is 8.82. The van der Waals surface area contributed by atoms with Crippen LogP contribution in [0, 0.1) is 5.92 Å². The SMILES string of the molecule is C[C@@H]1[C@H](CN(Cc2ccccc2)Cc2ccccc2)O[C@H](c2ccc(-c3ccccc3CNS(=O)(=O)c3ccccc3)cc2)O[C@@H]1c1ccc(CO)cc1. The highest BCUT2D eigenvalue weighted by Gasteiger charge is 2.39. The van der Waals surface area contributed by atoms with Gasteiger partial charge in [0.05, 0.1) is 23.7 Å². The summed E-state index contributed by atoms with van der Waals surface area (Å²) in [5.74, 6) is 0.0288. The summed E-state index contributed by atoms with van der Waals surface area (Å²) in [7, 11) is -3.66. The van der Waals surface area contributed by atoms with E-state index in [1.165, 1.54) is 11.1 Å². The second-order valence-electron chi connectivity index (χ2n) is 13.9. The van der Waals surface area contributed by atoms with E-state index < -0.39 is 16.3 Å². The molecule has 1 heterocycles. The Balaban J connectivity index is 1.14. The summed E-state index contributed by atoms with van der Waals surface area (Å²) >= 11 is 0. The molecule has 1 fully saturated rings. The number of hydrogen-bond acceptors (Lipinski definition) is 6. The summed E-state index contributed by atoms with van der Waals surface area (Å²) in [6.07, 6.45) is -1.02. The van der Waals surface area contributed by atoms with Crippen LogP contribution in [0.15, 0.2) is 169 Å². The maximum Gasteiger partial charge on any atom is 0.240 e. The van der Waals surface area contributed by atoms with E-state index in [1.807, 2.05) is 84.9 Å². The summed E-state index contributed by atoms with van der Waals surface area (Å²) in [6, 6.07) is 53.5. The zero-order chi connectivity index (χ0) is 37.3. The molecule has 1 aliphatic heterocycles. The van der Waals surface area contributed by atoms with Crippen molar-refractivity contribution in [1.82, 2.24) is 9.62 Å². The molecule has 0 radical (unpaired) electrons. The average Bonchev–Trinajstić information content (AvgIpc) is 3.22. The van der Waals surface area contributed by atoms with Crippen molar-refractivity contribution < 1.29 is 23.0 Å². The summed E-state index contributed by atoms with van der Waals surface area (Å²) < 4.78 is 42.4. The van der Waals surface area contributed by atoms with Crippen molar-refractivity contribution >= 4 is 10.0 Å². The van der Waals surface area contributed by atoms with Gasteiger partial charge in [0.15, 0.2) is 6.29 Å². The van der Waals surface area contributed by atoms with Gasteiger partial charge in [-0.1, -0.05) is 159 Å². The highest BCUT2D eigenvalue weighted by Crippen LogP contribution is 2.42. The van der Waals surface area contributed by atoms with Gasteiger partial charge in [-0.2, -0.15) is 0 Å². The molecule has 1 aliphatic rings. The molecular formula is C46H46N2O5S. The Labute approximate surface area is 318 Å². The Bertz CT molecular complexity index is 2140. The number of nitrogens with one attached hydrogen (secondary N) is 1. The first-order valence-corrected chi connectivity index (χ1v) is 19.9. The lowest BCUT2D eigenvalue weighted by Gasteiger charge is -2.43. The van der Waals surface area contributed by atoms with Crippen molar-refractivity contribution in [3.63, 3.8) is 0 Å². The molecule has 8 heteroatoms. The lowest BCUT2D eigenvalue weighted by Crippen LogP contribution is -2.44. The number of nitrogens with zero attached hydrogens (tertiary/aromatic N) is 1. The number of rotatable bonds is 14. The van der Waals surface area contributed by atoms with Crippen molar-refractivity contribution in [2.45, 2.75) is 56.6 Å². The van der Waals surface area contributed by atoms with Crippen molar-refractivity contribution in [3.8, 4) is 11.1 Å². The first kappa shape index (κ1) is 37.4. The Hall–Kier alpha value is -4.93. The number of aliphatic hydroxyl groups excluding tert-OH is 1. The van der Waals surface area contributed by atoms with Crippen LogP contribution < -0.4 is 4.72 Å². The number of hydrogen-bond donors (Lipinski definition) is 2. The lowest BCUT2D eigenvalue weighted by atomic mass is 9.89. The van der Waals surface area contributed by atoms with Crippen LogP contribution in [-0.2, 0) is 45.7 Å². The van der Waals surface area contributed by atoms with Crippen molar-refractivity contribution in [3.05, 3.63) is 197 Å². The summed E-state index contributed by atoms with van der Waals surface area (Å²) in [5.41, 5.74) is 8.04. The highest BCUT2D eigenvalue weighted by molar-refractivity contribution is 7.89.